The molecule has 0 saturated heterocycles. The first-order valence-electron chi connectivity index (χ1n) is 32.9. The van der Waals surface area contributed by atoms with E-state index in [1.807, 2.05) is 0 Å². The van der Waals surface area contributed by atoms with Crippen LogP contribution in [0.4, 0.5) is 0 Å². The third-order valence-corrected chi connectivity index (χ3v) is 14.4. The molecule has 0 aliphatic carbocycles. The smallest absolute Gasteiger partial charge is 0.306 e. The topological polar surface area (TPSA) is 78.9 Å². The van der Waals surface area contributed by atoms with Crippen molar-refractivity contribution in [1.29, 1.82) is 0 Å². The molecular formula is C70H124O6. The maximum absolute atomic E-state index is 12.9. The van der Waals surface area contributed by atoms with Gasteiger partial charge in [0.05, 0.1) is 0 Å². The molecule has 0 spiro atoms. The van der Waals surface area contributed by atoms with Crippen molar-refractivity contribution in [3.05, 3.63) is 72.9 Å². The molecule has 0 fully saturated rings. The van der Waals surface area contributed by atoms with E-state index in [1.54, 1.807) is 0 Å². The van der Waals surface area contributed by atoms with Crippen LogP contribution in [0.1, 0.15) is 335 Å². The van der Waals surface area contributed by atoms with Gasteiger partial charge in [0.2, 0.25) is 0 Å². The number of ether oxygens (including phenoxy) is 3. The Morgan fingerprint density at radius 1 is 0.276 bits per heavy atom. The maximum atomic E-state index is 12.9. The van der Waals surface area contributed by atoms with Gasteiger partial charge in [0, 0.05) is 19.3 Å². The fraction of sp³-hybridized carbons (Fsp3) is 0.786. The van der Waals surface area contributed by atoms with E-state index in [9.17, 15) is 14.4 Å². The molecule has 0 heterocycles. The number of esters is 3. The number of hydrogen-bond donors (Lipinski definition) is 0. The van der Waals surface area contributed by atoms with Crippen molar-refractivity contribution in [2.24, 2.45) is 0 Å². The summed E-state index contributed by atoms with van der Waals surface area (Å²) in [6, 6.07) is 0. The number of carbonyl (C=O) groups is 3. The Morgan fingerprint density at radius 3 is 0.816 bits per heavy atom. The SMILES string of the molecule is CC/C=C\C/C=C\C/C=C\C/C=C\C/C=C\CCCCCCCCCCCC(=O)OCC(COC(=O)CCCCCCCCCCCCCCCC)OC(=O)CCCCCCCCCCC/C=C\CCCCCCCC. The van der Waals surface area contributed by atoms with E-state index in [0.29, 0.717) is 19.3 Å². The third kappa shape index (κ3) is 61.7. The van der Waals surface area contributed by atoms with Gasteiger partial charge in [-0.05, 0) is 89.9 Å². The zero-order valence-corrected chi connectivity index (χ0v) is 50.5. The Kier molecular flexibility index (Phi) is 61.7. The molecule has 76 heavy (non-hydrogen) atoms. The summed E-state index contributed by atoms with van der Waals surface area (Å²) in [5.41, 5.74) is 0. The van der Waals surface area contributed by atoms with Crippen molar-refractivity contribution >= 4 is 17.9 Å². The number of hydrogen-bond acceptors (Lipinski definition) is 6. The van der Waals surface area contributed by atoms with Crippen LogP contribution >= 0.6 is 0 Å². The molecule has 1 unspecified atom stereocenters. The number of allylic oxidation sites excluding steroid dienone is 12. The van der Waals surface area contributed by atoms with Gasteiger partial charge in [-0.25, -0.2) is 0 Å². The zero-order chi connectivity index (χ0) is 55.0. The second-order valence-corrected chi connectivity index (χ2v) is 22.0. The van der Waals surface area contributed by atoms with Crippen LogP contribution in [0.25, 0.3) is 0 Å². The van der Waals surface area contributed by atoms with Crippen LogP contribution in [-0.2, 0) is 28.6 Å². The molecule has 0 aromatic heterocycles. The highest BCUT2D eigenvalue weighted by Gasteiger charge is 2.19. The molecule has 0 radical (unpaired) electrons. The van der Waals surface area contributed by atoms with Crippen LogP contribution in [0, 0.1) is 0 Å². The molecule has 0 aliphatic heterocycles. The van der Waals surface area contributed by atoms with Crippen molar-refractivity contribution in [2.75, 3.05) is 13.2 Å². The fourth-order valence-corrected chi connectivity index (χ4v) is 9.53. The summed E-state index contributed by atoms with van der Waals surface area (Å²) in [5, 5.41) is 0. The quantitative estimate of drug-likeness (QED) is 0.0261. The van der Waals surface area contributed by atoms with E-state index in [-0.39, 0.29) is 31.1 Å². The first kappa shape index (κ1) is 72.8. The van der Waals surface area contributed by atoms with E-state index in [4.69, 9.17) is 14.2 Å². The molecule has 0 N–H and O–H groups in total. The first-order chi connectivity index (χ1) is 37.5. The van der Waals surface area contributed by atoms with Crippen molar-refractivity contribution in [3.8, 4) is 0 Å². The molecule has 1 atom stereocenters. The Bertz CT molecular complexity index is 1400. The highest BCUT2D eigenvalue weighted by Crippen LogP contribution is 2.17. The second kappa shape index (κ2) is 64.4. The molecule has 0 rings (SSSR count). The molecule has 0 saturated carbocycles. The predicted octanol–water partition coefficient (Wildman–Crippen LogP) is 22.5. The van der Waals surface area contributed by atoms with E-state index in [0.717, 1.165) is 96.3 Å². The van der Waals surface area contributed by atoms with Crippen molar-refractivity contribution in [1.82, 2.24) is 0 Å². The summed E-state index contributed by atoms with van der Waals surface area (Å²) in [7, 11) is 0. The zero-order valence-electron chi connectivity index (χ0n) is 50.5. The molecular weight excluding hydrogens is 937 g/mol. The normalized spacial score (nSPS) is 12.5. The largest absolute Gasteiger partial charge is 0.462 e. The Balaban J connectivity index is 4.32. The van der Waals surface area contributed by atoms with Crippen LogP contribution in [-0.4, -0.2) is 37.2 Å². The minimum atomic E-state index is -0.778. The lowest BCUT2D eigenvalue weighted by Crippen LogP contribution is -2.30. The van der Waals surface area contributed by atoms with Crippen LogP contribution in [0.3, 0.4) is 0 Å². The molecule has 0 aromatic rings. The predicted molar refractivity (Wildman–Crippen MR) is 330 cm³/mol. The first-order valence-corrected chi connectivity index (χ1v) is 32.9. The molecule has 0 aliphatic rings. The van der Waals surface area contributed by atoms with Crippen LogP contribution in [0.2, 0.25) is 0 Å². The van der Waals surface area contributed by atoms with E-state index < -0.39 is 6.10 Å². The highest BCUT2D eigenvalue weighted by molar-refractivity contribution is 5.71. The molecule has 0 aromatic carbocycles. The van der Waals surface area contributed by atoms with Gasteiger partial charge in [-0.15, -0.1) is 0 Å². The summed E-state index contributed by atoms with van der Waals surface area (Å²) in [6.07, 6.45) is 83.3. The summed E-state index contributed by atoms with van der Waals surface area (Å²) in [4.78, 5) is 38.4. The van der Waals surface area contributed by atoms with Crippen molar-refractivity contribution in [2.45, 2.75) is 341 Å². The van der Waals surface area contributed by atoms with E-state index in [1.165, 1.54) is 199 Å². The summed E-state index contributed by atoms with van der Waals surface area (Å²) < 4.78 is 17.0. The van der Waals surface area contributed by atoms with Crippen molar-refractivity contribution < 1.29 is 28.6 Å². The molecule has 0 bridgehead atoms. The van der Waals surface area contributed by atoms with Gasteiger partial charge in [-0.1, -0.05) is 299 Å². The second-order valence-electron chi connectivity index (χ2n) is 22.0. The fourth-order valence-electron chi connectivity index (χ4n) is 9.53. The number of unbranched alkanes of at least 4 members (excludes halogenated alkanes) is 37. The molecule has 6 nitrogen and oxygen atoms in total. The van der Waals surface area contributed by atoms with Gasteiger partial charge in [-0.2, -0.15) is 0 Å². The molecule has 0 amide bonds. The average molecular weight is 1060 g/mol. The Morgan fingerprint density at radius 2 is 0.513 bits per heavy atom. The van der Waals surface area contributed by atoms with Crippen molar-refractivity contribution in [3.63, 3.8) is 0 Å². The van der Waals surface area contributed by atoms with E-state index >= 15 is 0 Å². The Labute approximate surface area is 472 Å². The minimum Gasteiger partial charge on any atom is -0.462 e. The van der Waals surface area contributed by atoms with Gasteiger partial charge >= 0.3 is 17.9 Å². The van der Waals surface area contributed by atoms with Gasteiger partial charge in [0.1, 0.15) is 13.2 Å². The van der Waals surface area contributed by atoms with Gasteiger partial charge in [0.25, 0.3) is 0 Å². The lowest BCUT2D eigenvalue weighted by molar-refractivity contribution is -0.167. The van der Waals surface area contributed by atoms with Gasteiger partial charge in [-0.3, -0.25) is 14.4 Å². The lowest BCUT2D eigenvalue weighted by Gasteiger charge is -2.18. The minimum absolute atomic E-state index is 0.0741. The van der Waals surface area contributed by atoms with E-state index in [2.05, 4.69) is 93.7 Å². The van der Waals surface area contributed by atoms with Crippen LogP contribution in [0.15, 0.2) is 72.9 Å². The standard InChI is InChI=1S/C70H124O6/c1-4-7-10-13-16-19-22-25-28-30-32-33-34-35-36-37-39-40-42-45-48-51-54-57-60-63-69(72)75-66-67(65-74-68(71)62-59-56-53-50-47-44-27-24-21-18-15-12-9-6-3)76-70(73)64-61-58-55-52-49-46-43-41-38-31-29-26-23-20-17-14-11-8-5-2/h7,10,16,19,25-26,28-29,32-33,35-36,67H,4-6,8-9,11-15,17-18,20-24,27,30-31,34,37-66H2,1-3H3/b10-7-,19-16-,28-25-,29-26-,33-32-,36-35-. The van der Waals surface area contributed by atoms with Crippen LogP contribution < -0.4 is 0 Å². The number of carbonyl (C=O) groups excluding carboxylic acids is 3. The number of rotatable bonds is 60. The van der Waals surface area contributed by atoms with Gasteiger partial charge < -0.3 is 14.2 Å². The molecule has 440 valence electrons. The highest BCUT2D eigenvalue weighted by atomic mass is 16.6. The Hall–Kier alpha value is -3.15. The molecule has 6 heteroatoms. The monoisotopic (exact) mass is 1060 g/mol. The lowest BCUT2D eigenvalue weighted by atomic mass is 10.0. The summed E-state index contributed by atoms with van der Waals surface area (Å²) in [6.45, 7) is 6.56. The summed E-state index contributed by atoms with van der Waals surface area (Å²) in [5.74, 6) is -0.864. The third-order valence-electron chi connectivity index (χ3n) is 14.4. The van der Waals surface area contributed by atoms with Gasteiger partial charge in [0.15, 0.2) is 6.10 Å². The summed E-state index contributed by atoms with van der Waals surface area (Å²) >= 11 is 0. The van der Waals surface area contributed by atoms with Crippen LogP contribution in [0.5, 0.6) is 0 Å². The average Bonchev–Trinajstić information content (AvgIpc) is 3.42. The maximum Gasteiger partial charge on any atom is 0.306 e.